The van der Waals surface area contributed by atoms with Crippen molar-refractivity contribution in [3.8, 4) is 17.6 Å². The van der Waals surface area contributed by atoms with Crippen molar-refractivity contribution in [3.63, 3.8) is 0 Å². The first-order chi connectivity index (χ1) is 17.8. The number of nitrogens with one attached hydrogen (secondary N) is 1. The van der Waals surface area contributed by atoms with Gasteiger partial charge in [0.15, 0.2) is 5.78 Å². The van der Waals surface area contributed by atoms with E-state index >= 15 is 0 Å². The van der Waals surface area contributed by atoms with Gasteiger partial charge >= 0.3 is 0 Å². The largest absolute Gasteiger partial charge is 0.462 e. The molecule has 7 atom stereocenters. The molecule has 0 saturated carbocycles. The molecule has 3 rings (SSSR count). The first-order valence-electron chi connectivity index (χ1n) is 11.7. The van der Waals surface area contributed by atoms with Crippen molar-refractivity contribution in [2.75, 3.05) is 0 Å². The number of amides is 1. The number of carbonyl (C=O) groups excluding carboxylic acids is 2. The molecule has 1 aliphatic heterocycles. The number of alkyl halides is 2. The van der Waals surface area contributed by atoms with Crippen molar-refractivity contribution in [1.82, 2.24) is 5.32 Å². The van der Waals surface area contributed by atoms with Crippen LogP contribution >= 0.6 is 0 Å². The molecule has 1 heterocycles. The lowest BCUT2D eigenvalue weighted by Crippen LogP contribution is -2.58. The number of aliphatic hydroxyl groups is 4. The fourth-order valence-electron chi connectivity index (χ4n) is 3.71. The zero-order valence-electron chi connectivity index (χ0n) is 20.8. The molecule has 0 bridgehead atoms. The van der Waals surface area contributed by atoms with Crippen LogP contribution in [0.5, 0.6) is 5.75 Å². The second-order valence-electron chi connectivity index (χ2n) is 9.19. The van der Waals surface area contributed by atoms with E-state index in [0.29, 0.717) is 16.9 Å². The molecule has 5 N–H and O–H groups in total. The molecule has 0 radical (unpaired) electrons. The summed E-state index contributed by atoms with van der Waals surface area (Å²) in [6.07, 6.45) is -9.21. The third-order valence-electron chi connectivity index (χ3n) is 6.12. The van der Waals surface area contributed by atoms with Crippen LogP contribution in [0.2, 0.25) is 0 Å². The molecular weight excluding hydrogens is 504 g/mol. The number of ether oxygens (including phenoxy) is 2. The molecule has 2 aromatic carbocycles. The minimum atomic E-state index is -3.24. The Morgan fingerprint density at radius 2 is 1.50 bits per heavy atom. The Morgan fingerprint density at radius 1 is 0.974 bits per heavy atom. The Hall–Kier alpha value is -3.40. The van der Waals surface area contributed by atoms with Crippen LogP contribution in [0.1, 0.15) is 42.3 Å². The highest BCUT2D eigenvalue weighted by molar-refractivity contribution is 5.98. The number of aliphatic hydroxyl groups excluding tert-OH is 3. The van der Waals surface area contributed by atoms with Gasteiger partial charge in [0, 0.05) is 16.7 Å². The van der Waals surface area contributed by atoms with Gasteiger partial charge in [-0.15, -0.1) is 0 Å². The van der Waals surface area contributed by atoms with Crippen LogP contribution in [0.3, 0.4) is 0 Å². The van der Waals surface area contributed by atoms with E-state index < -0.39 is 60.5 Å². The van der Waals surface area contributed by atoms with Gasteiger partial charge in [-0.1, -0.05) is 11.8 Å². The van der Waals surface area contributed by atoms with Gasteiger partial charge in [-0.3, -0.25) is 9.59 Å². The van der Waals surface area contributed by atoms with Gasteiger partial charge in [0.25, 0.3) is 12.3 Å². The maximum absolute atomic E-state index is 13.1. The highest BCUT2D eigenvalue weighted by Crippen LogP contribution is 2.24. The summed E-state index contributed by atoms with van der Waals surface area (Å²) in [6.45, 7) is 3.34. The number of hydrogen-bond acceptors (Lipinski definition) is 8. The zero-order chi connectivity index (χ0) is 28.2. The number of carbonyl (C=O) groups is 2. The molecule has 38 heavy (non-hydrogen) atoms. The molecule has 204 valence electrons. The molecule has 0 unspecified atom stereocenters. The van der Waals surface area contributed by atoms with Crippen molar-refractivity contribution < 1.29 is 48.3 Å². The summed E-state index contributed by atoms with van der Waals surface area (Å²) in [4.78, 5) is 24.2. The van der Waals surface area contributed by atoms with Crippen LogP contribution in [0.15, 0.2) is 48.5 Å². The van der Waals surface area contributed by atoms with Crippen molar-refractivity contribution >= 4 is 11.7 Å². The summed E-state index contributed by atoms with van der Waals surface area (Å²) in [7, 11) is 0. The second-order valence-corrected chi connectivity index (χ2v) is 9.19. The van der Waals surface area contributed by atoms with E-state index in [9.17, 15) is 38.8 Å². The first kappa shape index (κ1) is 29.2. The van der Waals surface area contributed by atoms with E-state index in [1.54, 1.807) is 31.2 Å². The molecule has 1 amide bonds. The molecule has 0 aromatic heterocycles. The van der Waals surface area contributed by atoms with Crippen molar-refractivity contribution in [2.45, 2.75) is 69.5 Å². The molecule has 1 saturated heterocycles. The Kier molecular flexibility index (Phi) is 9.19. The molecule has 1 fully saturated rings. The van der Waals surface area contributed by atoms with Crippen molar-refractivity contribution in [1.29, 1.82) is 0 Å². The number of Topliss-reactive ketones (excluding diaryl/α,β-unsaturated/α-hetero) is 1. The fraction of sp³-hybridized carbons (Fsp3) is 0.407. The van der Waals surface area contributed by atoms with Gasteiger partial charge in [-0.05, 0) is 69.3 Å². The average molecular weight is 534 g/mol. The van der Waals surface area contributed by atoms with Gasteiger partial charge in [-0.25, -0.2) is 8.78 Å². The Labute approximate surface area is 218 Å². The molecule has 9 nitrogen and oxygen atoms in total. The van der Waals surface area contributed by atoms with Gasteiger partial charge in [0.1, 0.15) is 35.7 Å². The summed E-state index contributed by atoms with van der Waals surface area (Å²) in [6, 6.07) is 10.6. The molecular formula is C27H29F2NO8. The quantitative estimate of drug-likeness (QED) is 0.332. The van der Waals surface area contributed by atoms with E-state index in [0.717, 1.165) is 13.8 Å². The number of benzene rings is 2. The first-order valence-corrected chi connectivity index (χ1v) is 11.7. The third kappa shape index (κ3) is 6.72. The Bertz CT molecular complexity index is 1190. The lowest BCUT2D eigenvalue weighted by atomic mass is 9.93. The van der Waals surface area contributed by atoms with Crippen molar-refractivity contribution in [2.24, 2.45) is 0 Å². The Morgan fingerprint density at radius 3 is 2.00 bits per heavy atom. The standard InChI is InChI=1S/C27H29F2NO8/c1-14(31)23(27(3,36)26(28)29)30-24(35)18-10-6-16(7-11-18)4-5-17-8-12-19(13-9-17)38-25-22(34)21(33)20(32)15(2)37-25/h6-13,15,20-23,25-26,32-34,36H,1-3H3,(H,30,35)/t15-,20+,21+,22-,23+,25-,27-/m0/s1. The lowest BCUT2D eigenvalue weighted by molar-refractivity contribution is -0.268. The number of rotatable bonds is 7. The minimum Gasteiger partial charge on any atom is -0.462 e. The van der Waals surface area contributed by atoms with Crippen LogP contribution in [-0.2, 0) is 9.53 Å². The topological polar surface area (TPSA) is 146 Å². The molecule has 0 aliphatic carbocycles. The SMILES string of the molecule is CC(=O)[C@@H](NC(=O)c1ccc(C#Cc2ccc(O[C@@H]3O[C@@H](C)[C@@H](O)[C@@H](O)[C@@H]3O)cc2)cc1)[C@](C)(O)C(F)F. The van der Waals surface area contributed by atoms with E-state index in [4.69, 9.17) is 9.47 Å². The van der Waals surface area contributed by atoms with Crippen LogP contribution in [0.4, 0.5) is 8.78 Å². The minimum absolute atomic E-state index is 0.0902. The highest BCUT2D eigenvalue weighted by Gasteiger charge is 2.45. The maximum Gasteiger partial charge on any atom is 0.269 e. The second kappa shape index (κ2) is 12.0. The van der Waals surface area contributed by atoms with Gasteiger partial charge in [0.2, 0.25) is 6.29 Å². The highest BCUT2D eigenvalue weighted by atomic mass is 19.3. The maximum atomic E-state index is 13.1. The molecule has 1 aliphatic rings. The van der Waals surface area contributed by atoms with Gasteiger partial charge < -0.3 is 35.2 Å². The lowest BCUT2D eigenvalue weighted by Gasteiger charge is -2.38. The van der Waals surface area contributed by atoms with Crippen LogP contribution < -0.4 is 10.1 Å². The number of ketones is 1. The summed E-state index contributed by atoms with van der Waals surface area (Å²) in [5, 5.41) is 41.8. The molecule has 2 aromatic rings. The average Bonchev–Trinajstić information content (AvgIpc) is 2.88. The predicted octanol–water partition coefficient (Wildman–Crippen LogP) is 0.996. The van der Waals surface area contributed by atoms with E-state index in [1.807, 2.05) is 0 Å². The third-order valence-corrected chi connectivity index (χ3v) is 6.12. The Balaban J connectivity index is 1.63. The molecule has 11 heteroatoms. The van der Waals surface area contributed by atoms with Crippen LogP contribution in [0.25, 0.3) is 0 Å². The summed E-state index contributed by atoms with van der Waals surface area (Å²) in [5.41, 5.74) is -1.47. The monoisotopic (exact) mass is 533 g/mol. The smallest absolute Gasteiger partial charge is 0.269 e. The van der Waals surface area contributed by atoms with Gasteiger partial charge in [-0.2, -0.15) is 0 Å². The van der Waals surface area contributed by atoms with E-state index in [-0.39, 0.29) is 5.56 Å². The summed E-state index contributed by atoms with van der Waals surface area (Å²) in [5.74, 6) is 4.57. The van der Waals surface area contributed by atoms with Crippen molar-refractivity contribution in [3.05, 3.63) is 65.2 Å². The normalized spacial score (nSPS) is 25.5. The number of hydrogen-bond donors (Lipinski definition) is 5. The van der Waals surface area contributed by atoms with E-state index in [2.05, 4.69) is 17.2 Å². The van der Waals surface area contributed by atoms with Crippen LogP contribution in [0, 0.1) is 11.8 Å². The van der Waals surface area contributed by atoms with E-state index in [1.165, 1.54) is 24.3 Å². The zero-order valence-corrected chi connectivity index (χ0v) is 20.8. The fourth-order valence-corrected chi connectivity index (χ4v) is 3.71. The van der Waals surface area contributed by atoms with Crippen LogP contribution in [-0.4, -0.2) is 80.9 Å². The summed E-state index contributed by atoms with van der Waals surface area (Å²) < 4.78 is 37.2. The molecule has 0 spiro atoms. The van der Waals surface area contributed by atoms with Gasteiger partial charge in [0.05, 0.1) is 6.10 Å². The number of halogens is 2. The summed E-state index contributed by atoms with van der Waals surface area (Å²) >= 11 is 0. The predicted molar refractivity (Wildman–Crippen MR) is 130 cm³/mol.